The lowest BCUT2D eigenvalue weighted by molar-refractivity contribution is -0.155. The van der Waals surface area contributed by atoms with E-state index in [0.29, 0.717) is 13.1 Å². The van der Waals surface area contributed by atoms with Crippen molar-refractivity contribution in [1.82, 2.24) is 9.80 Å². The number of carbonyl (C=O) groups excluding carboxylic acids is 3. The maximum Gasteiger partial charge on any atom is 0.323 e. The summed E-state index contributed by atoms with van der Waals surface area (Å²) >= 11 is 0. The molecule has 318 valence electrons. The maximum atomic E-state index is 12.8. The summed E-state index contributed by atoms with van der Waals surface area (Å²) in [5.74, 6) is -1.46. The number of carboxylic acids is 1. The lowest BCUT2D eigenvalue weighted by atomic mass is 10.0. The first-order valence-electron chi connectivity index (χ1n) is 19.0. The van der Waals surface area contributed by atoms with Crippen molar-refractivity contribution in [2.75, 3.05) is 14.1 Å². The first kappa shape index (κ1) is 52.5. The first-order valence-corrected chi connectivity index (χ1v) is 19.0. The number of rotatable bonds is 16. The third-order valence-corrected chi connectivity index (χ3v) is 8.31. The van der Waals surface area contributed by atoms with Crippen LogP contribution in [0.25, 0.3) is 0 Å². The quantitative estimate of drug-likeness (QED) is 0.111. The van der Waals surface area contributed by atoms with Crippen LogP contribution in [0.2, 0.25) is 0 Å². The number of nitrogens with zero attached hydrogens (tertiary/aromatic N) is 2. The van der Waals surface area contributed by atoms with Crippen LogP contribution in [-0.2, 0) is 65.9 Å². The van der Waals surface area contributed by atoms with Crippen LogP contribution in [0.1, 0.15) is 112 Å². The SMILES string of the molecule is C.C.CC(C)[C@@H](C(=O)O)N(C)Cc1cccc(CC(=O)OC(C)(C)C)c1.CC(C)[C@@H](C(=O)OCc1ccccc1)N(C)Cc1cccc(CC(=O)OC(C)(C)C)c1. The Labute approximate surface area is 343 Å². The number of ether oxygens (including phenoxy) is 3. The van der Waals surface area contributed by atoms with Crippen molar-refractivity contribution in [3.05, 3.63) is 107 Å². The van der Waals surface area contributed by atoms with Crippen LogP contribution < -0.4 is 0 Å². The maximum absolute atomic E-state index is 12.8. The molecule has 10 heteroatoms. The van der Waals surface area contributed by atoms with Gasteiger partial charge in [-0.05, 0) is 95.3 Å². The molecule has 10 nitrogen and oxygen atoms in total. The number of aliphatic carboxylic acids is 1. The van der Waals surface area contributed by atoms with Gasteiger partial charge in [0.15, 0.2) is 0 Å². The predicted octanol–water partition coefficient (Wildman–Crippen LogP) is 9.15. The summed E-state index contributed by atoms with van der Waals surface area (Å²) in [6, 6.07) is 24.3. The van der Waals surface area contributed by atoms with Crippen molar-refractivity contribution in [3.8, 4) is 0 Å². The van der Waals surface area contributed by atoms with Gasteiger partial charge in [-0.2, -0.15) is 0 Å². The molecule has 3 aromatic carbocycles. The highest BCUT2D eigenvalue weighted by molar-refractivity contribution is 5.76. The molecule has 57 heavy (non-hydrogen) atoms. The normalized spacial score (nSPS) is 12.4. The number of hydrogen-bond acceptors (Lipinski definition) is 9. The summed E-state index contributed by atoms with van der Waals surface area (Å²) in [5.41, 5.74) is 3.74. The lowest BCUT2D eigenvalue weighted by Gasteiger charge is -2.29. The summed E-state index contributed by atoms with van der Waals surface area (Å²) in [4.78, 5) is 52.1. The summed E-state index contributed by atoms with van der Waals surface area (Å²) in [7, 11) is 3.73. The Morgan fingerprint density at radius 1 is 0.579 bits per heavy atom. The molecule has 0 saturated carbocycles. The average Bonchev–Trinajstić information content (AvgIpc) is 3.02. The smallest absolute Gasteiger partial charge is 0.323 e. The molecule has 0 aliphatic rings. The van der Waals surface area contributed by atoms with Crippen molar-refractivity contribution < 1.29 is 38.5 Å². The van der Waals surface area contributed by atoms with Gasteiger partial charge < -0.3 is 19.3 Å². The molecule has 0 radical (unpaired) electrons. The Morgan fingerprint density at radius 3 is 1.32 bits per heavy atom. The van der Waals surface area contributed by atoms with Gasteiger partial charge in [-0.1, -0.05) is 121 Å². The zero-order chi connectivity index (χ0) is 41.5. The highest BCUT2D eigenvalue weighted by Gasteiger charge is 2.29. The van der Waals surface area contributed by atoms with Gasteiger partial charge in [0.25, 0.3) is 0 Å². The van der Waals surface area contributed by atoms with Gasteiger partial charge in [0.05, 0.1) is 12.8 Å². The standard InChI is InChI=1S/C26H35NO4.C19H29NO4.2CH4/c1-19(2)24(25(29)30-18-20-11-8-7-9-12-20)27(6)17-22-14-10-13-21(15-22)16-23(28)31-26(3,4)5;1-13(2)17(18(22)23)20(6)12-15-9-7-8-14(10-15)11-16(21)24-19(3,4)5;;/h7-15,19,24H,16-18H2,1-6H3;7-10,13,17H,11-12H2,1-6H3,(H,22,23);2*1H4/t24-;17-;;/m00../s1. The highest BCUT2D eigenvalue weighted by atomic mass is 16.6. The van der Waals surface area contributed by atoms with E-state index in [2.05, 4.69) is 0 Å². The van der Waals surface area contributed by atoms with E-state index >= 15 is 0 Å². The molecule has 0 unspecified atom stereocenters. The molecule has 3 aromatic rings. The van der Waals surface area contributed by atoms with E-state index in [-0.39, 0.29) is 70.1 Å². The molecular formula is C47H72N2O8. The van der Waals surface area contributed by atoms with Crippen LogP contribution in [0.5, 0.6) is 0 Å². The largest absolute Gasteiger partial charge is 0.480 e. The number of likely N-dealkylation sites (N-methyl/N-ethyl adjacent to an activating group) is 2. The van der Waals surface area contributed by atoms with Crippen molar-refractivity contribution in [1.29, 1.82) is 0 Å². The summed E-state index contributed by atoms with van der Waals surface area (Å²) in [6.07, 6.45) is 0.433. The molecule has 0 saturated heterocycles. The van der Waals surface area contributed by atoms with Gasteiger partial charge in [-0.15, -0.1) is 0 Å². The van der Waals surface area contributed by atoms with Crippen LogP contribution in [-0.4, -0.2) is 76.2 Å². The lowest BCUT2D eigenvalue weighted by Crippen LogP contribution is -2.43. The van der Waals surface area contributed by atoms with Crippen LogP contribution in [0.15, 0.2) is 78.9 Å². The van der Waals surface area contributed by atoms with Gasteiger partial charge in [-0.25, -0.2) is 0 Å². The zero-order valence-electron chi connectivity index (χ0n) is 35.0. The third-order valence-electron chi connectivity index (χ3n) is 8.31. The Morgan fingerprint density at radius 2 is 0.947 bits per heavy atom. The summed E-state index contributed by atoms with van der Waals surface area (Å²) in [5, 5.41) is 9.37. The molecule has 0 aliphatic carbocycles. The van der Waals surface area contributed by atoms with Crippen LogP contribution in [0.3, 0.4) is 0 Å². The van der Waals surface area contributed by atoms with E-state index in [4.69, 9.17) is 14.2 Å². The van der Waals surface area contributed by atoms with Gasteiger partial charge in [0.2, 0.25) is 0 Å². The molecule has 0 spiro atoms. The van der Waals surface area contributed by atoms with Crippen molar-refractivity contribution >= 4 is 23.9 Å². The summed E-state index contributed by atoms with van der Waals surface area (Å²) in [6.45, 7) is 20.3. The molecular weight excluding hydrogens is 721 g/mol. The predicted molar refractivity (Wildman–Crippen MR) is 230 cm³/mol. The van der Waals surface area contributed by atoms with Gasteiger partial charge in [0.1, 0.15) is 29.9 Å². The van der Waals surface area contributed by atoms with Crippen LogP contribution in [0, 0.1) is 11.8 Å². The number of carboxylic acid groups (broad SMARTS) is 1. The van der Waals surface area contributed by atoms with Crippen molar-refractivity contribution in [2.24, 2.45) is 11.8 Å². The number of hydrogen-bond donors (Lipinski definition) is 1. The topological polar surface area (TPSA) is 123 Å². The fourth-order valence-electron chi connectivity index (χ4n) is 6.29. The second-order valence-corrected chi connectivity index (χ2v) is 16.8. The highest BCUT2D eigenvalue weighted by Crippen LogP contribution is 2.19. The second-order valence-electron chi connectivity index (χ2n) is 16.8. The minimum atomic E-state index is -0.822. The molecule has 3 rings (SSSR count). The van der Waals surface area contributed by atoms with Crippen molar-refractivity contribution in [2.45, 2.75) is 140 Å². The molecule has 0 bridgehead atoms. The molecule has 0 fully saturated rings. The fourth-order valence-corrected chi connectivity index (χ4v) is 6.29. The number of benzene rings is 3. The molecule has 2 atom stereocenters. The first-order chi connectivity index (χ1) is 25.5. The molecule has 0 heterocycles. The van der Waals surface area contributed by atoms with Gasteiger partial charge >= 0.3 is 23.9 Å². The van der Waals surface area contributed by atoms with E-state index in [9.17, 15) is 24.3 Å². The monoisotopic (exact) mass is 793 g/mol. The zero-order valence-corrected chi connectivity index (χ0v) is 35.0. The molecule has 0 amide bonds. The van der Waals surface area contributed by atoms with Gasteiger partial charge in [0, 0.05) is 13.1 Å². The second kappa shape index (κ2) is 24.3. The number of carbonyl (C=O) groups is 4. The van der Waals surface area contributed by atoms with Crippen LogP contribution in [0.4, 0.5) is 0 Å². The van der Waals surface area contributed by atoms with Gasteiger partial charge in [-0.3, -0.25) is 29.0 Å². The average molecular weight is 793 g/mol. The molecule has 0 aromatic heterocycles. The summed E-state index contributed by atoms with van der Waals surface area (Å²) < 4.78 is 16.3. The minimum Gasteiger partial charge on any atom is -0.480 e. The molecule has 1 N–H and O–H groups in total. The Balaban J connectivity index is 0.00000110. The number of esters is 3. The van der Waals surface area contributed by atoms with E-state index in [1.807, 2.05) is 165 Å². The Hall–Kier alpha value is -4.54. The molecule has 0 aliphatic heterocycles. The van der Waals surface area contributed by atoms with Crippen molar-refractivity contribution in [3.63, 3.8) is 0 Å². The Bertz CT molecular complexity index is 1670. The van der Waals surface area contributed by atoms with E-state index < -0.39 is 23.2 Å². The fraction of sp³-hybridized carbons (Fsp3) is 0.532. The van der Waals surface area contributed by atoms with E-state index in [1.54, 1.807) is 7.05 Å². The minimum absolute atomic E-state index is 0. The van der Waals surface area contributed by atoms with E-state index in [1.165, 1.54) is 0 Å². The van der Waals surface area contributed by atoms with E-state index in [0.717, 1.165) is 27.8 Å². The third kappa shape index (κ3) is 20.4. The van der Waals surface area contributed by atoms with Crippen LogP contribution >= 0.6 is 0 Å². The Kier molecular flexibility index (Phi) is 22.3.